The van der Waals surface area contributed by atoms with Gasteiger partial charge in [-0.1, -0.05) is 85.8 Å². The lowest BCUT2D eigenvalue weighted by Gasteiger charge is -2.41. The van der Waals surface area contributed by atoms with Gasteiger partial charge in [0.1, 0.15) is 5.60 Å². The zero-order chi connectivity index (χ0) is 25.9. The molecule has 0 aromatic heterocycles. The van der Waals surface area contributed by atoms with E-state index >= 15 is 0 Å². The first-order valence-corrected chi connectivity index (χ1v) is 13.2. The topological polar surface area (TPSA) is 61.9 Å². The number of rotatable bonds is 7. The molecule has 6 nitrogen and oxygen atoms in total. The van der Waals surface area contributed by atoms with Crippen molar-refractivity contribution in [2.24, 2.45) is 0 Å². The van der Waals surface area contributed by atoms with Gasteiger partial charge in [0.2, 0.25) is 0 Å². The Kier molecular flexibility index (Phi) is 9.33. The maximum absolute atomic E-state index is 12.7. The average Bonchev–Trinajstić information content (AvgIpc) is 2.97. The summed E-state index contributed by atoms with van der Waals surface area (Å²) in [5.41, 5.74) is 2.22. The van der Waals surface area contributed by atoms with Gasteiger partial charge in [-0.25, -0.2) is 0 Å². The number of fused-ring (bicyclic) bond motifs is 1. The summed E-state index contributed by atoms with van der Waals surface area (Å²) in [5.74, 6) is -0.0451. The van der Waals surface area contributed by atoms with E-state index in [1.165, 1.54) is 0 Å². The quantitative estimate of drug-likeness (QED) is 0.433. The Hall–Kier alpha value is -3.64. The number of benzene rings is 3. The lowest BCUT2D eigenvalue weighted by molar-refractivity contribution is -0.166. The van der Waals surface area contributed by atoms with E-state index in [-0.39, 0.29) is 11.9 Å². The van der Waals surface area contributed by atoms with Crippen molar-refractivity contribution in [3.8, 4) is 0 Å². The Morgan fingerprint density at radius 1 is 0.865 bits per heavy atom. The van der Waals surface area contributed by atoms with Crippen LogP contribution in [0.1, 0.15) is 48.5 Å². The van der Waals surface area contributed by atoms with Crippen LogP contribution in [0.5, 0.6) is 0 Å². The van der Waals surface area contributed by atoms with Gasteiger partial charge in [-0.2, -0.15) is 0 Å². The number of esters is 1. The molecule has 0 spiro atoms. The first-order chi connectivity index (χ1) is 18.1. The molecule has 0 atom stereocenters. The summed E-state index contributed by atoms with van der Waals surface area (Å²) < 4.78 is 5.98. The summed E-state index contributed by atoms with van der Waals surface area (Å²) in [6, 6.07) is 29.8. The van der Waals surface area contributed by atoms with E-state index in [4.69, 9.17) is 4.74 Å². The second kappa shape index (κ2) is 13.1. The number of ether oxygens (including phenoxy) is 1. The summed E-state index contributed by atoms with van der Waals surface area (Å²) in [6.07, 6.45) is 2.89. The summed E-state index contributed by atoms with van der Waals surface area (Å²) in [5, 5.41) is 3.33. The standard InChI is InChI=1S/C25H31N3O3.C6H6/c1-2-23(29)31-25(20-9-4-3-5-10-20)13-17-27(18-14-25)15-8-16-28-19-26-22-12-7-6-11-21(22)24(28)30;1-2-4-6-5-3-1/h3-7,9-12,26H,2,8,13-19H2,1H3;1-6H. The molecule has 2 aliphatic rings. The average molecular weight is 500 g/mol. The Balaban J connectivity index is 0.000000469. The number of anilines is 1. The van der Waals surface area contributed by atoms with Crippen molar-refractivity contribution >= 4 is 17.6 Å². The van der Waals surface area contributed by atoms with Crippen molar-refractivity contribution in [2.75, 3.05) is 38.2 Å². The molecule has 5 rings (SSSR count). The number of para-hydroxylation sites is 1. The maximum Gasteiger partial charge on any atom is 0.306 e. The van der Waals surface area contributed by atoms with Crippen LogP contribution < -0.4 is 5.32 Å². The molecular weight excluding hydrogens is 462 g/mol. The van der Waals surface area contributed by atoms with Gasteiger partial charge in [0.25, 0.3) is 5.91 Å². The number of likely N-dealkylation sites (tertiary alicyclic amines) is 1. The molecule has 6 heteroatoms. The second-order valence-electron chi connectivity index (χ2n) is 9.49. The normalized spacial score (nSPS) is 16.6. The van der Waals surface area contributed by atoms with Crippen LogP contribution in [0.2, 0.25) is 0 Å². The highest BCUT2D eigenvalue weighted by atomic mass is 16.6. The van der Waals surface area contributed by atoms with Crippen LogP contribution in [-0.4, -0.2) is 54.5 Å². The monoisotopic (exact) mass is 499 g/mol. The second-order valence-corrected chi connectivity index (χ2v) is 9.49. The molecule has 3 aromatic carbocycles. The molecule has 194 valence electrons. The summed E-state index contributed by atoms with van der Waals surface area (Å²) in [7, 11) is 0. The minimum absolute atomic E-state index is 0.0996. The fraction of sp³-hybridized carbons (Fsp3) is 0.355. The van der Waals surface area contributed by atoms with Crippen molar-refractivity contribution in [2.45, 2.75) is 38.2 Å². The zero-order valence-corrected chi connectivity index (χ0v) is 21.6. The van der Waals surface area contributed by atoms with Crippen molar-refractivity contribution in [1.29, 1.82) is 0 Å². The van der Waals surface area contributed by atoms with Crippen LogP contribution in [0.4, 0.5) is 5.69 Å². The van der Waals surface area contributed by atoms with Gasteiger partial charge in [-0.3, -0.25) is 9.59 Å². The number of piperidine rings is 1. The molecule has 1 amide bonds. The number of nitrogens with zero attached hydrogens (tertiary/aromatic N) is 2. The summed E-state index contributed by atoms with van der Waals surface area (Å²) in [6.45, 7) is 5.80. The van der Waals surface area contributed by atoms with Gasteiger partial charge in [-0.15, -0.1) is 0 Å². The van der Waals surface area contributed by atoms with Crippen LogP contribution in [0.15, 0.2) is 91.0 Å². The minimum atomic E-state index is -0.526. The third kappa shape index (κ3) is 6.98. The predicted octanol–water partition coefficient (Wildman–Crippen LogP) is 5.53. The number of amides is 1. The van der Waals surface area contributed by atoms with Crippen molar-refractivity contribution < 1.29 is 14.3 Å². The van der Waals surface area contributed by atoms with Crippen LogP contribution in [0.25, 0.3) is 0 Å². The molecule has 1 fully saturated rings. The number of hydrogen-bond acceptors (Lipinski definition) is 5. The van der Waals surface area contributed by atoms with Crippen molar-refractivity contribution in [3.05, 3.63) is 102 Å². The van der Waals surface area contributed by atoms with Crippen molar-refractivity contribution in [1.82, 2.24) is 9.80 Å². The number of carbonyl (C=O) groups is 2. The van der Waals surface area contributed by atoms with Crippen LogP contribution in [0.3, 0.4) is 0 Å². The van der Waals surface area contributed by atoms with Crippen LogP contribution in [-0.2, 0) is 15.1 Å². The Labute approximate surface area is 220 Å². The fourth-order valence-corrected chi connectivity index (χ4v) is 4.92. The first-order valence-electron chi connectivity index (χ1n) is 13.2. The number of carbonyl (C=O) groups excluding carboxylic acids is 2. The van der Waals surface area contributed by atoms with E-state index in [0.717, 1.165) is 62.3 Å². The van der Waals surface area contributed by atoms with Gasteiger partial charge in [0, 0.05) is 44.6 Å². The van der Waals surface area contributed by atoms with Gasteiger partial charge in [0.05, 0.1) is 12.2 Å². The summed E-state index contributed by atoms with van der Waals surface area (Å²) >= 11 is 0. The Morgan fingerprint density at radius 2 is 1.46 bits per heavy atom. The van der Waals surface area contributed by atoms with E-state index in [1.807, 2.05) is 90.7 Å². The fourth-order valence-electron chi connectivity index (χ4n) is 4.92. The highest BCUT2D eigenvalue weighted by Gasteiger charge is 2.39. The van der Waals surface area contributed by atoms with E-state index in [1.54, 1.807) is 0 Å². The van der Waals surface area contributed by atoms with E-state index in [0.29, 0.717) is 13.1 Å². The molecule has 3 aromatic rings. The third-order valence-corrected chi connectivity index (χ3v) is 7.04. The van der Waals surface area contributed by atoms with Crippen LogP contribution in [0, 0.1) is 0 Å². The molecule has 2 aliphatic heterocycles. The maximum atomic E-state index is 12.7. The molecule has 2 heterocycles. The molecule has 0 aliphatic carbocycles. The molecule has 1 saturated heterocycles. The highest BCUT2D eigenvalue weighted by molar-refractivity contribution is 6.01. The molecule has 0 bridgehead atoms. The van der Waals surface area contributed by atoms with Gasteiger partial charge in [-0.05, 0) is 30.7 Å². The van der Waals surface area contributed by atoms with Gasteiger partial charge < -0.3 is 19.9 Å². The molecule has 1 N–H and O–H groups in total. The highest BCUT2D eigenvalue weighted by Crippen LogP contribution is 2.37. The number of hydrogen-bond donors (Lipinski definition) is 1. The van der Waals surface area contributed by atoms with E-state index in [2.05, 4.69) is 22.3 Å². The van der Waals surface area contributed by atoms with E-state index in [9.17, 15) is 9.59 Å². The lowest BCUT2D eigenvalue weighted by atomic mass is 9.84. The largest absolute Gasteiger partial charge is 0.454 e. The smallest absolute Gasteiger partial charge is 0.306 e. The Morgan fingerprint density at radius 3 is 2.11 bits per heavy atom. The van der Waals surface area contributed by atoms with Gasteiger partial charge >= 0.3 is 5.97 Å². The Bertz CT molecular complexity index is 1100. The molecular formula is C31H37N3O3. The number of nitrogens with one attached hydrogen (secondary N) is 1. The molecule has 0 saturated carbocycles. The van der Waals surface area contributed by atoms with Gasteiger partial charge in [0.15, 0.2) is 0 Å². The summed E-state index contributed by atoms with van der Waals surface area (Å²) in [4.78, 5) is 29.1. The minimum Gasteiger partial charge on any atom is -0.454 e. The van der Waals surface area contributed by atoms with E-state index < -0.39 is 5.60 Å². The lowest BCUT2D eigenvalue weighted by Crippen LogP contribution is -2.46. The predicted molar refractivity (Wildman–Crippen MR) is 147 cm³/mol. The molecule has 0 radical (unpaired) electrons. The van der Waals surface area contributed by atoms with Crippen LogP contribution >= 0.6 is 0 Å². The third-order valence-electron chi connectivity index (χ3n) is 7.04. The zero-order valence-electron chi connectivity index (χ0n) is 21.6. The van der Waals surface area contributed by atoms with Crippen molar-refractivity contribution in [3.63, 3.8) is 0 Å². The SMILES string of the molecule is CCC(=O)OC1(c2ccccc2)CCN(CCCN2CNc3ccccc3C2=O)CC1.c1ccccc1. The molecule has 0 unspecified atom stereocenters. The first kappa shape index (κ1) is 26.4. The molecule has 37 heavy (non-hydrogen) atoms.